The molecule has 2 N–H and O–H groups in total. The molecule has 1 atom stereocenters. The Labute approximate surface area is 147 Å². The van der Waals surface area contributed by atoms with E-state index in [4.69, 9.17) is 9.72 Å². The molecule has 2 heterocycles. The van der Waals surface area contributed by atoms with Gasteiger partial charge in [0, 0.05) is 13.0 Å². The summed E-state index contributed by atoms with van der Waals surface area (Å²) >= 11 is 0. The highest BCUT2D eigenvalue weighted by Gasteiger charge is 2.44. The highest BCUT2D eigenvalue weighted by Crippen LogP contribution is 2.35. The predicted molar refractivity (Wildman–Crippen MR) is 95.7 cm³/mol. The van der Waals surface area contributed by atoms with Gasteiger partial charge in [0.2, 0.25) is 0 Å². The van der Waals surface area contributed by atoms with E-state index in [1.54, 1.807) is 0 Å². The maximum Gasteiger partial charge on any atom is 0.316 e. The number of carboxylic acids is 1. The van der Waals surface area contributed by atoms with Crippen molar-refractivity contribution in [3.05, 3.63) is 29.6 Å². The molecule has 1 saturated carbocycles. The number of carboxylic acid groups (broad SMARTS) is 1. The maximum atomic E-state index is 11.8. The third-order valence-corrected chi connectivity index (χ3v) is 6.13. The van der Waals surface area contributed by atoms with E-state index in [1.807, 2.05) is 18.2 Å². The number of aromatic amines is 1. The number of aliphatic carboxylic acids is 1. The van der Waals surface area contributed by atoms with Crippen molar-refractivity contribution in [1.29, 1.82) is 0 Å². The van der Waals surface area contributed by atoms with Gasteiger partial charge < -0.3 is 14.8 Å². The Morgan fingerprint density at radius 2 is 2.16 bits per heavy atom. The van der Waals surface area contributed by atoms with Crippen LogP contribution >= 0.6 is 0 Å². The lowest BCUT2D eigenvalue weighted by atomic mass is 9.80. The second kappa shape index (κ2) is 6.45. The van der Waals surface area contributed by atoms with Crippen molar-refractivity contribution in [3.63, 3.8) is 0 Å². The third-order valence-electron chi connectivity index (χ3n) is 6.13. The predicted octanol–water partition coefficient (Wildman–Crippen LogP) is 3.67. The third kappa shape index (κ3) is 3.06. The van der Waals surface area contributed by atoms with Crippen LogP contribution in [0.3, 0.4) is 0 Å². The number of imidazole rings is 1. The van der Waals surface area contributed by atoms with Crippen molar-refractivity contribution in [2.24, 2.45) is 11.8 Å². The van der Waals surface area contributed by atoms with Crippen LogP contribution in [0, 0.1) is 11.8 Å². The highest BCUT2D eigenvalue weighted by atomic mass is 16.5. The Morgan fingerprint density at radius 3 is 2.84 bits per heavy atom. The molecule has 1 aromatic carbocycles. The lowest BCUT2D eigenvalue weighted by Crippen LogP contribution is -2.36. The number of aromatic nitrogens is 2. The zero-order chi connectivity index (χ0) is 17.4. The first kappa shape index (κ1) is 16.6. The molecular formula is C20H26N2O3. The summed E-state index contributed by atoms with van der Waals surface area (Å²) in [7, 11) is 0. The second-order valence-electron chi connectivity index (χ2n) is 7.94. The number of hydrogen-bond donors (Lipinski definition) is 2. The van der Waals surface area contributed by atoms with Gasteiger partial charge in [-0.15, -0.1) is 0 Å². The minimum atomic E-state index is -0.924. The van der Waals surface area contributed by atoms with Gasteiger partial charge in [-0.1, -0.05) is 25.8 Å². The number of carbonyl (C=O) groups is 1. The molecule has 0 spiro atoms. The fourth-order valence-corrected chi connectivity index (χ4v) is 4.34. The first-order valence-electron chi connectivity index (χ1n) is 9.37. The van der Waals surface area contributed by atoms with E-state index in [9.17, 15) is 9.90 Å². The van der Waals surface area contributed by atoms with Gasteiger partial charge in [0.15, 0.2) is 0 Å². The molecule has 4 rings (SSSR count). The van der Waals surface area contributed by atoms with E-state index in [0.29, 0.717) is 18.9 Å². The van der Waals surface area contributed by atoms with Crippen molar-refractivity contribution in [2.75, 3.05) is 13.2 Å². The Bertz CT molecular complexity index is 768. The Hall–Kier alpha value is -1.88. The van der Waals surface area contributed by atoms with Gasteiger partial charge in [0.05, 0.1) is 17.6 Å². The minimum absolute atomic E-state index is 0.241. The molecule has 1 unspecified atom stereocenters. The highest BCUT2D eigenvalue weighted by molar-refractivity contribution is 5.85. The SMILES string of the molecule is C[C@H]1CC[C@H](Cc2nc3cc(C4(C(=O)O)CCOC4)ccc3[nH]2)CC1. The first-order valence-corrected chi connectivity index (χ1v) is 9.37. The smallest absolute Gasteiger partial charge is 0.316 e. The number of ether oxygens (including phenoxy) is 1. The molecule has 2 aliphatic rings. The lowest BCUT2D eigenvalue weighted by molar-refractivity contribution is -0.143. The average molecular weight is 342 g/mol. The summed E-state index contributed by atoms with van der Waals surface area (Å²) in [4.78, 5) is 20.0. The van der Waals surface area contributed by atoms with Crippen LogP contribution in [0.25, 0.3) is 11.0 Å². The van der Waals surface area contributed by atoms with E-state index in [0.717, 1.165) is 34.8 Å². The fraction of sp³-hybridized carbons (Fsp3) is 0.600. The van der Waals surface area contributed by atoms with E-state index < -0.39 is 11.4 Å². The molecule has 1 aliphatic carbocycles. The summed E-state index contributed by atoms with van der Waals surface area (Å²) in [5.41, 5.74) is 1.73. The van der Waals surface area contributed by atoms with Crippen LogP contribution in [0.5, 0.6) is 0 Å². The molecule has 2 fully saturated rings. The summed E-state index contributed by atoms with van der Waals surface area (Å²) in [5.74, 6) is 1.79. The van der Waals surface area contributed by atoms with Crippen LogP contribution in [0.15, 0.2) is 18.2 Å². The molecule has 1 aliphatic heterocycles. The van der Waals surface area contributed by atoms with E-state index in [2.05, 4.69) is 11.9 Å². The zero-order valence-corrected chi connectivity index (χ0v) is 14.8. The Balaban J connectivity index is 1.58. The van der Waals surface area contributed by atoms with Crippen LogP contribution in [-0.4, -0.2) is 34.3 Å². The van der Waals surface area contributed by atoms with Crippen molar-refractivity contribution in [1.82, 2.24) is 9.97 Å². The number of fused-ring (bicyclic) bond motifs is 1. The first-order chi connectivity index (χ1) is 12.1. The number of rotatable bonds is 4. The van der Waals surface area contributed by atoms with E-state index >= 15 is 0 Å². The Morgan fingerprint density at radius 1 is 1.36 bits per heavy atom. The van der Waals surface area contributed by atoms with Gasteiger partial charge in [-0.3, -0.25) is 4.79 Å². The molecule has 1 aromatic heterocycles. The molecule has 5 nitrogen and oxygen atoms in total. The molecule has 1 saturated heterocycles. The van der Waals surface area contributed by atoms with Crippen LogP contribution in [0.1, 0.15) is 50.4 Å². The van der Waals surface area contributed by atoms with Crippen LogP contribution in [-0.2, 0) is 21.4 Å². The number of benzene rings is 1. The van der Waals surface area contributed by atoms with Crippen molar-refractivity contribution in [2.45, 2.75) is 50.9 Å². The summed E-state index contributed by atoms with van der Waals surface area (Å²) in [6.45, 7) is 3.07. The van der Waals surface area contributed by atoms with Crippen LogP contribution in [0.2, 0.25) is 0 Å². The van der Waals surface area contributed by atoms with Crippen LogP contribution < -0.4 is 0 Å². The standard InChI is InChI=1S/C20H26N2O3/c1-13-2-4-14(5-3-13)10-18-21-16-7-6-15(11-17(16)22-18)20(19(23)24)8-9-25-12-20/h6-7,11,13-14H,2-5,8-10,12H2,1H3,(H,21,22)(H,23,24)/t13-,14-,20?. The molecule has 2 aromatic rings. The molecule has 134 valence electrons. The number of hydrogen-bond acceptors (Lipinski definition) is 3. The van der Waals surface area contributed by atoms with Gasteiger partial charge in [0.1, 0.15) is 11.2 Å². The van der Waals surface area contributed by atoms with Gasteiger partial charge in [-0.2, -0.15) is 0 Å². The number of nitrogens with one attached hydrogen (secondary N) is 1. The fourth-order valence-electron chi connectivity index (χ4n) is 4.34. The van der Waals surface area contributed by atoms with E-state index in [-0.39, 0.29) is 6.61 Å². The maximum absolute atomic E-state index is 11.8. The summed E-state index contributed by atoms with van der Waals surface area (Å²) < 4.78 is 5.39. The monoisotopic (exact) mass is 342 g/mol. The molecule has 5 heteroatoms. The number of H-pyrrole nitrogens is 1. The topological polar surface area (TPSA) is 75.2 Å². The molecule has 0 radical (unpaired) electrons. The largest absolute Gasteiger partial charge is 0.481 e. The van der Waals surface area contributed by atoms with Crippen molar-refractivity contribution in [3.8, 4) is 0 Å². The molecule has 25 heavy (non-hydrogen) atoms. The second-order valence-corrected chi connectivity index (χ2v) is 7.94. The van der Waals surface area contributed by atoms with Crippen LogP contribution in [0.4, 0.5) is 0 Å². The average Bonchev–Trinajstić information content (AvgIpc) is 3.23. The summed E-state index contributed by atoms with van der Waals surface area (Å²) in [6.07, 6.45) is 6.70. The normalized spacial score (nSPS) is 30.0. The van der Waals surface area contributed by atoms with Crippen molar-refractivity contribution >= 4 is 17.0 Å². The van der Waals surface area contributed by atoms with Gasteiger partial charge in [-0.25, -0.2) is 4.98 Å². The van der Waals surface area contributed by atoms with Crippen molar-refractivity contribution < 1.29 is 14.6 Å². The molecule has 0 amide bonds. The zero-order valence-electron chi connectivity index (χ0n) is 14.8. The summed E-state index contributed by atoms with van der Waals surface area (Å²) in [5, 5.41) is 9.72. The van der Waals surface area contributed by atoms with E-state index in [1.165, 1.54) is 25.7 Å². The molecular weight excluding hydrogens is 316 g/mol. The Kier molecular flexibility index (Phi) is 4.28. The van der Waals surface area contributed by atoms with Gasteiger partial charge >= 0.3 is 5.97 Å². The molecule has 0 bridgehead atoms. The minimum Gasteiger partial charge on any atom is -0.481 e. The lowest BCUT2D eigenvalue weighted by Gasteiger charge is -2.25. The van der Waals surface area contributed by atoms with Gasteiger partial charge in [-0.05, 0) is 48.8 Å². The number of nitrogens with zero attached hydrogens (tertiary/aromatic N) is 1. The summed E-state index contributed by atoms with van der Waals surface area (Å²) in [6, 6.07) is 5.81. The quantitative estimate of drug-likeness (QED) is 0.889. The van der Waals surface area contributed by atoms with Gasteiger partial charge in [0.25, 0.3) is 0 Å².